The summed E-state index contributed by atoms with van der Waals surface area (Å²) in [6.07, 6.45) is 9.70. The number of rotatable bonds is 4. The maximum Gasteiger partial charge on any atom is 0.0949 e. The van der Waals surface area contributed by atoms with Crippen LogP contribution in [0.3, 0.4) is 0 Å². The first-order valence-electron chi connectivity index (χ1n) is 6.69. The van der Waals surface area contributed by atoms with Crippen LogP contribution in [0.5, 0.6) is 0 Å². The smallest absolute Gasteiger partial charge is 0.0949 e. The molecule has 102 valence electrons. The summed E-state index contributed by atoms with van der Waals surface area (Å²) in [4.78, 5) is 6.92. The van der Waals surface area contributed by atoms with Gasteiger partial charge in [-0.2, -0.15) is 0 Å². The maximum absolute atomic E-state index is 4.17. The van der Waals surface area contributed by atoms with Gasteiger partial charge in [-0.25, -0.2) is 4.98 Å². The molecule has 1 aliphatic rings. The Morgan fingerprint density at radius 2 is 2.42 bits per heavy atom. The molecule has 0 saturated heterocycles. The van der Waals surface area contributed by atoms with Crippen molar-refractivity contribution in [3.63, 3.8) is 0 Å². The van der Waals surface area contributed by atoms with Gasteiger partial charge in [-0.05, 0) is 48.2 Å². The second kappa shape index (κ2) is 5.77. The Morgan fingerprint density at radius 1 is 1.53 bits per heavy atom. The molecule has 0 aromatic carbocycles. The number of hydrogen-bond donors (Lipinski definition) is 1. The normalized spacial score (nSPS) is 23.1. The van der Waals surface area contributed by atoms with Crippen LogP contribution in [0, 0.1) is 6.92 Å². The van der Waals surface area contributed by atoms with Crippen molar-refractivity contribution in [2.75, 3.05) is 0 Å². The van der Waals surface area contributed by atoms with Crippen molar-refractivity contribution in [2.45, 2.75) is 44.8 Å². The lowest BCUT2D eigenvalue weighted by atomic mass is 10.1. The third-order valence-corrected chi connectivity index (χ3v) is 5.97. The van der Waals surface area contributed by atoms with Crippen molar-refractivity contribution in [3.05, 3.63) is 39.0 Å². The molecule has 1 fully saturated rings. The largest absolute Gasteiger partial charge is 0.333 e. The second-order valence-electron chi connectivity index (χ2n) is 5.11. The molecule has 2 atom stereocenters. The lowest BCUT2D eigenvalue weighted by Crippen LogP contribution is -2.32. The quantitative estimate of drug-likeness (QED) is 0.915. The Labute approximate surface area is 126 Å². The summed E-state index contributed by atoms with van der Waals surface area (Å²) < 4.78 is 3.48. The molecule has 2 heterocycles. The van der Waals surface area contributed by atoms with Gasteiger partial charge in [-0.3, -0.25) is 0 Å². The average molecular weight is 340 g/mol. The molecule has 1 saturated carbocycles. The summed E-state index contributed by atoms with van der Waals surface area (Å²) in [5.74, 6) is 0. The predicted octanol–water partition coefficient (Wildman–Crippen LogP) is 3.90. The summed E-state index contributed by atoms with van der Waals surface area (Å²) in [5.41, 5.74) is 0. The third-order valence-electron chi connectivity index (χ3n) is 3.83. The van der Waals surface area contributed by atoms with E-state index in [1.54, 1.807) is 0 Å². The number of thiophene rings is 1. The number of aromatic nitrogens is 2. The summed E-state index contributed by atoms with van der Waals surface area (Å²) in [6.45, 7) is 3.12. The van der Waals surface area contributed by atoms with Crippen LogP contribution in [-0.4, -0.2) is 15.6 Å². The molecule has 1 aliphatic carbocycles. The highest BCUT2D eigenvalue weighted by molar-refractivity contribution is 9.10. The second-order valence-corrected chi connectivity index (χ2v) is 7.31. The van der Waals surface area contributed by atoms with Gasteiger partial charge in [0, 0.05) is 45.2 Å². The van der Waals surface area contributed by atoms with E-state index < -0.39 is 0 Å². The monoisotopic (exact) mass is 339 g/mol. The van der Waals surface area contributed by atoms with Crippen LogP contribution in [0.15, 0.2) is 29.3 Å². The van der Waals surface area contributed by atoms with E-state index in [0.717, 1.165) is 6.54 Å². The van der Waals surface area contributed by atoms with Crippen LogP contribution in [0.25, 0.3) is 0 Å². The third kappa shape index (κ3) is 2.93. The molecule has 5 heteroatoms. The Balaban J connectivity index is 1.63. The van der Waals surface area contributed by atoms with Crippen molar-refractivity contribution < 1.29 is 0 Å². The first-order chi connectivity index (χ1) is 9.24. The van der Waals surface area contributed by atoms with E-state index in [1.165, 1.54) is 33.5 Å². The Hall–Kier alpha value is -0.650. The molecular formula is C14H18BrN3S. The van der Waals surface area contributed by atoms with Crippen molar-refractivity contribution in [1.82, 2.24) is 14.9 Å². The Bertz CT molecular complexity index is 515. The van der Waals surface area contributed by atoms with Gasteiger partial charge in [-0.15, -0.1) is 11.3 Å². The van der Waals surface area contributed by atoms with Gasteiger partial charge in [-0.1, -0.05) is 0 Å². The van der Waals surface area contributed by atoms with Crippen LogP contribution < -0.4 is 5.32 Å². The predicted molar refractivity (Wildman–Crippen MR) is 82.5 cm³/mol. The fraction of sp³-hybridized carbons (Fsp3) is 0.500. The maximum atomic E-state index is 4.17. The van der Waals surface area contributed by atoms with Crippen molar-refractivity contribution in [3.8, 4) is 0 Å². The average Bonchev–Trinajstić information content (AvgIpc) is 3.09. The van der Waals surface area contributed by atoms with E-state index in [2.05, 4.69) is 50.0 Å². The first-order valence-corrected chi connectivity index (χ1v) is 8.30. The zero-order valence-electron chi connectivity index (χ0n) is 11.0. The van der Waals surface area contributed by atoms with Crippen molar-refractivity contribution in [1.29, 1.82) is 0 Å². The Kier molecular flexibility index (Phi) is 4.05. The molecule has 0 amide bonds. The topological polar surface area (TPSA) is 29.9 Å². The Morgan fingerprint density at radius 3 is 3.11 bits per heavy atom. The zero-order chi connectivity index (χ0) is 13.2. The number of halogens is 1. The van der Waals surface area contributed by atoms with Crippen LogP contribution in [0.2, 0.25) is 0 Å². The molecule has 0 radical (unpaired) electrons. The van der Waals surface area contributed by atoms with Gasteiger partial charge in [0.05, 0.1) is 6.33 Å². The molecule has 1 N–H and O–H groups in total. The van der Waals surface area contributed by atoms with Gasteiger partial charge in [0.15, 0.2) is 0 Å². The number of hydrogen-bond acceptors (Lipinski definition) is 3. The first kappa shape index (κ1) is 13.3. The highest BCUT2D eigenvalue weighted by atomic mass is 79.9. The summed E-state index contributed by atoms with van der Waals surface area (Å²) in [7, 11) is 0. The minimum Gasteiger partial charge on any atom is -0.333 e. The molecule has 3 nitrogen and oxygen atoms in total. The van der Waals surface area contributed by atoms with E-state index in [1.807, 2.05) is 23.9 Å². The van der Waals surface area contributed by atoms with Gasteiger partial charge in [0.2, 0.25) is 0 Å². The van der Waals surface area contributed by atoms with Gasteiger partial charge in [0.25, 0.3) is 0 Å². The van der Waals surface area contributed by atoms with Crippen LogP contribution in [0.1, 0.15) is 35.1 Å². The zero-order valence-corrected chi connectivity index (χ0v) is 13.4. The fourth-order valence-electron chi connectivity index (χ4n) is 2.84. The molecule has 0 bridgehead atoms. The number of imidazole rings is 1. The van der Waals surface area contributed by atoms with Gasteiger partial charge < -0.3 is 9.88 Å². The summed E-state index contributed by atoms with van der Waals surface area (Å²) in [6, 6.07) is 3.36. The molecule has 3 rings (SSSR count). The molecule has 2 aromatic heterocycles. The summed E-state index contributed by atoms with van der Waals surface area (Å²) in [5, 5.41) is 3.72. The van der Waals surface area contributed by atoms with Crippen LogP contribution >= 0.6 is 27.3 Å². The van der Waals surface area contributed by atoms with Crippen molar-refractivity contribution in [2.24, 2.45) is 0 Å². The van der Waals surface area contributed by atoms with Gasteiger partial charge in [0.1, 0.15) is 0 Å². The molecular weight excluding hydrogens is 322 g/mol. The molecule has 2 unspecified atom stereocenters. The highest BCUT2D eigenvalue weighted by Gasteiger charge is 2.27. The van der Waals surface area contributed by atoms with E-state index >= 15 is 0 Å². The minimum atomic E-state index is 0.562. The highest BCUT2D eigenvalue weighted by Crippen LogP contribution is 2.31. The minimum absolute atomic E-state index is 0.562. The van der Waals surface area contributed by atoms with E-state index in [4.69, 9.17) is 0 Å². The summed E-state index contributed by atoms with van der Waals surface area (Å²) >= 11 is 5.45. The molecule has 2 aromatic rings. The number of nitrogens with zero attached hydrogens (tertiary/aromatic N) is 2. The van der Waals surface area contributed by atoms with Crippen LogP contribution in [0.4, 0.5) is 0 Å². The van der Waals surface area contributed by atoms with E-state index in [-0.39, 0.29) is 0 Å². The molecule has 0 aliphatic heterocycles. The number of nitrogens with one attached hydrogen (secondary N) is 1. The van der Waals surface area contributed by atoms with E-state index in [0.29, 0.717) is 12.1 Å². The fourth-order valence-corrected chi connectivity index (χ4v) is 4.39. The lowest BCUT2D eigenvalue weighted by Gasteiger charge is -2.21. The van der Waals surface area contributed by atoms with Crippen LogP contribution in [-0.2, 0) is 6.54 Å². The van der Waals surface area contributed by atoms with Crippen molar-refractivity contribution >= 4 is 27.3 Å². The van der Waals surface area contributed by atoms with Gasteiger partial charge >= 0.3 is 0 Å². The van der Waals surface area contributed by atoms with E-state index in [9.17, 15) is 0 Å². The number of aryl methyl sites for hydroxylation is 1. The SMILES string of the molecule is Cc1sc(CNC2CCCC2n2ccnc2)cc1Br. The molecule has 19 heavy (non-hydrogen) atoms. The molecule has 0 spiro atoms. The standard InChI is InChI=1S/C14H18BrN3S/c1-10-12(15)7-11(19-10)8-17-13-3-2-4-14(13)18-6-5-16-9-18/h5-7,9,13-14,17H,2-4,8H2,1H3. The lowest BCUT2D eigenvalue weighted by molar-refractivity contribution is 0.391.